The Bertz CT molecular complexity index is 941. The summed E-state index contributed by atoms with van der Waals surface area (Å²) in [5.74, 6) is -1.54. The van der Waals surface area contributed by atoms with E-state index in [1.807, 2.05) is 6.07 Å². The molecule has 0 spiro atoms. The van der Waals surface area contributed by atoms with Gasteiger partial charge in [-0.15, -0.1) is 0 Å². The van der Waals surface area contributed by atoms with Gasteiger partial charge < -0.3 is 9.80 Å². The number of likely N-dealkylation sites (tertiary alicyclic amines) is 1. The van der Waals surface area contributed by atoms with Gasteiger partial charge in [0.05, 0.1) is 29.1 Å². The lowest BCUT2D eigenvalue weighted by molar-refractivity contribution is -0.136. The summed E-state index contributed by atoms with van der Waals surface area (Å²) >= 11 is 0. The summed E-state index contributed by atoms with van der Waals surface area (Å²) in [5.41, 5.74) is 0.511. The highest BCUT2D eigenvalue weighted by Gasteiger charge is 2.42. The molecule has 7 nitrogen and oxygen atoms in total. The smallest absolute Gasteiger partial charge is 0.228 e. The molecule has 2 aliphatic rings. The van der Waals surface area contributed by atoms with E-state index in [1.165, 1.54) is 21.9 Å². The zero-order valence-electron chi connectivity index (χ0n) is 15.6. The fourth-order valence-corrected chi connectivity index (χ4v) is 5.56. The minimum absolute atomic E-state index is 0.0434. The Morgan fingerprint density at radius 3 is 2.75 bits per heavy atom. The van der Waals surface area contributed by atoms with E-state index in [4.69, 9.17) is 5.26 Å². The zero-order valence-corrected chi connectivity index (χ0v) is 16.4. The monoisotopic (exact) mass is 407 g/mol. The number of amides is 2. The Kier molecular flexibility index (Phi) is 5.70. The van der Waals surface area contributed by atoms with Crippen LogP contribution in [0.5, 0.6) is 0 Å². The number of carbonyl (C=O) groups excluding carboxylic acids is 2. The summed E-state index contributed by atoms with van der Waals surface area (Å²) in [6.45, 7) is 2.37. The molecule has 2 fully saturated rings. The van der Waals surface area contributed by atoms with E-state index in [9.17, 15) is 22.4 Å². The second-order valence-electron chi connectivity index (χ2n) is 7.27. The molecule has 2 amide bonds. The Balaban J connectivity index is 1.68. The van der Waals surface area contributed by atoms with Crippen LogP contribution in [0.15, 0.2) is 18.2 Å². The number of benzene rings is 1. The average molecular weight is 407 g/mol. The fraction of sp³-hybridized carbons (Fsp3) is 0.526. The molecule has 2 heterocycles. The zero-order chi connectivity index (χ0) is 20.5. The van der Waals surface area contributed by atoms with Crippen molar-refractivity contribution in [1.29, 1.82) is 5.26 Å². The van der Waals surface area contributed by atoms with E-state index in [0.29, 0.717) is 18.5 Å². The largest absolute Gasteiger partial charge is 0.338 e. The molecule has 2 atom stereocenters. The van der Waals surface area contributed by atoms with Crippen LogP contribution in [0, 0.1) is 23.1 Å². The third kappa shape index (κ3) is 4.17. The highest BCUT2D eigenvalue weighted by atomic mass is 32.2. The summed E-state index contributed by atoms with van der Waals surface area (Å²) < 4.78 is 37.5. The number of nitriles is 1. The van der Waals surface area contributed by atoms with Crippen LogP contribution in [0.25, 0.3) is 0 Å². The molecule has 150 valence electrons. The SMILES string of the molecule is CCN(Cc1ccc(C#N)cc1F)C(=O)[C@@H]1CC(=O)N([C@H]2CCS(=O)(=O)C2)C1. The van der Waals surface area contributed by atoms with Crippen LogP contribution >= 0.6 is 0 Å². The number of halogens is 1. The van der Waals surface area contributed by atoms with Crippen molar-refractivity contribution < 1.29 is 22.4 Å². The van der Waals surface area contributed by atoms with Gasteiger partial charge in [0.1, 0.15) is 5.82 Å². The molecule has 0 N–H and O–H groups in total. The molecule has 28 heavy (non-hydrogen) atoms. The van der Waals surface area contributed by atoms with E-state index in [0.717, 1.165) is 6.07 Å². The van der Waals surface area contributed by atoms with Gasteiger partial charge in [0, 0.05) is 37.7 Å². The second kappa shape index (κ2) is 7.87. The first-order chi connectivity index (χ1) is 13.2. The highest BCUT2D eigenvalue weighted by molar-refractivity contribution is 7.91. The normalized spacial score (nSPS) is 23.6. The van der Waals surface area contributed by atoms with Crippen molar-refractivity contribution in [3.05, 3.63) is 35.1 Å². The third-order valence-electron chi connectivity index (χ3n) is 5.39. The standard InChI is InChI=1S/C19H22FN3O4S/c1-2-22(10-14-4-3-13(9-21)7-17(14)20)19(25)15-8-18(24)23(11-15)16-5-6-28(26,27)12-16/h3-4,7,15-16H,2,5-6,8,10-12H2,1H3/t15-,16+/m1/s1. The predicted octanol–water partition coefficient (Wildman–Crippen LogP) is 1.08. The number of hydrogen-bond donors (Lipinski definition) is 0. The Hall–Kier alpha value is -2.47. The maximum Gasteiger partial charge on any atom is 0.228 e. The van der Waals surface area contributed by atoms with Crippen molar-refractivity contribution in [2.45, 2.75) is 32.4 Å². The van der Waals surface area contributed by atoms with Crippen LogP contribution in [0.1, 0.15) is 30.9 Å². The molecule has 0 bridgehead atoms. The molecular weight excluding hydrogens is 385 g/mol. The molecule has 2 aliphatic heterocycles. The van der Waals surface area contributed by atoms with Gasteiger partial charge in [0.15, 0.2) is 9.84 Å². The molecule has 9 heteroatoms. The number of nitrogens with zero attached hydrogens (tertiary/aromatic N) is 3. The van der Waals surface area contributed by atoms with Crippen molar-refractivity contribution in [1.82, 2.24) is 9.80 Å². The summed E-state index contributed by atoms with van der Waals surface area (Å²) in [6.07, 6.45) is 0.449. The summed E-state index contributed by atoms with van der Waals surface area (Å²) in [7, 11) is -3.12. The van der Waals surface area contributed by atoms with E-state index in [1.54, 1.807) is 6.92 Å². The van der Waals surface area contributed by atoms with E-state index < -0.39 is 21.6 Å². The Morgan fingerprint density at radius 2 is 2.18 bits per heavy atom. The van der Waals surface area contributed by atoms with Gasteiger partial charge in [-0.2, -0.15) is 5.26 Å². The molecule has 0 radical (unpaired) electrons. The lowest BCUT2D eigenvalue weighted by Crippen LogP contribution is -2.40. The van der Waals surface area contributed by atoms with Crippen molar-refractivity contribution >= 4 is 21.7 Å². The number of rotatable bonds is 5. The van der Waals surface area contributed by atoms with Gasteiger partial charge in [-0.05, 0) is 25.5 Å². The predicted molar refractivity (Wildman–Crippen MR) is 99.1 cm³/mol. The van der Waals surface area contributed by atoms with Gasteiger partial charge in [-0.25, -0.2) is 12.8 Å². The van der Waals surface area contributed by atoms with Gasteiger partial charge in [-0.3, -0.25) is 9.59 Å². The van der Waals surface area contributed by atoms with Crippen LogP contribution in [-0.4, -0.2) is 60.7 Å². The quantitative estimate of drug-likeness (QED) is 0.727. The molecule has 0 unspecified atom stereocenters. The number of carbonyl (C=O) groups is 2. The summed E-state index contributed by atoms with van der Waals surface area (Å²) in [4.78, 5) is 28.3. The van der Waals surface area contributed by atoms with Crippen LogP contribution in [0.3, 0.4) is 0 Å². The average Bonchev–Trinajstić information content (AvgIpc) is 3.22. The Labute approximate surface area is 163 Å². The van der Waals surface area contributed by atoms with Crippen LogP contribution in [0.4, 0.5) is 4.39 Å². The maximum atomic E-state index is 14.2. The van der Waals surface area contributed by atoms with Crippen molar-refractivity contribution in [2.24, 2.45) is 5.92 Å². The highest BCUT2D eigenvalue weighted by Crippen LogP contribution is 2.27. The van der Waals surface area contributed by atoms with Crippen molar-refractivity contribution in [3.63, 3.8) is 0 Å². The lowest BCUT2D eigenvalue weighted by Gasteiger charge is -2.26. The molecule has 3 rings (SSSR count). The molecule has 0 aliphatic carbocycles. The molecule has 0 aromatic heterocycles. The molecular formula is C19H22FN3O4S. The topological polar surface area (TPSA) is 98.5 Å². The third-order valence-corrected chi connectivity index (χ3v) is 7.14. The van der Waals surface area contributed by atoms with Crippen molar-refractivity contribution in [3.8, 4) is 6.07 Å². The molecule has 0 saturated carbocycles. The Morgan fingerprint density at radius 1 is 1.43 bits per heavy atom. The van der Waals surface area contributed by atoms with Gasteiger partial charge >= 0.3 is 0 Å². The van der Waals surface area contributed by atoms with E-state index in [-0.39, 0.29) is 54.4 Å². The molecule has 2 saturated heterocycles. The van der Waals surface area contributed by atoms with Crippen LogP contribution in [-0.2, 0) is 26.0 Å². The summed E-state index contributed by atoms with van der Waals surface area (Å²) in [6, 6.07) is 5.62. The first-order valence-corrected chi connectivity index (χ1v) is 11.0. The summed E-state index contributed by atoms with van der Waals surface area (Å²) in [5, 5.41) is 8.83. The van der Waals surface area contributed by atoms with E-state index >= 15 is 0 Å². The first-order valence-electron chi connectivity index (χ1n) is 9.21. The van der Waals surface area contributed by atoms with Gasteiger partial charge in [0.2, 0.25) is 11.8 Å². The molecule has 1 aromatic carbocycles. The van der Waals surface area contributed by atoms with E-state index in [2.05, 4.69) is 0 Å². The maximum absolute atomic E-state index is 14.2. The van der Waals surface area contributed by atoms with Crippen LogP contribution < -0.4 is 0 Å². The minimum atomic E-state index is -3.12. The molecule has 1 aromatic rings. The first kappa shape index (κ1) is 20.3. The van der Waals surface area contributed by atoms with Gasteiger partial charge in [-0.1, -0.05) is 6.07 Å². The fourth-order valence-electron chi connectivity index (χ4n) is 3.83. The van der Waals surface area contributed by atoms with Crippen LogP contribution in [0.2, 0.25) is 0 Å². The van der Waals surface area contributed by atoms with Gasteiger partial charge in [0.25, 0.3) is 0 Å². The number of hydrogen-bond acceptors (Lipinski definition) is 5. The van der Waals surface area contributed by atoms with Crippen molar-refractivity contribution in [2.75, 3.05) is 24.6 Å². The number of sulfone groups is 1. The lowest BCUT2D eigenvalue weighted by atomic mass is 10.1. The second-order valence-corrected chi connectivity index (χ2v) is 9.50. The minimum Gasteiger partial charge on any atom is -0.338 e.